The lowest BCUT2D eigenvalue weighted by molar-refractivity contribution is -0.0391. The Kier molecular flexibility index (Phi) is 4.83. The minimum absolute atomic E-state index is 0.348. The van der Waals surface area contributed by atoms with Crippen LogP contribution in [0.4, 0.5) is 0 Å². The third-order valence-corrected chi connectivity index (χ3v) is 7.99. The predicted molar refractivity (Wildman–Crippen MR) is 73.3 cm³/mol. The first-order chi connectivity index (χ1) is 8.68. The molecular weight excluding hydrogens is 246 g/mol. The summed E-state index contributed by atoms with van der Waals surface area (Å²) in [7, 11) is 2.66. The summed E-state index contributed by atoms with van der Waals surface area (Å²) in [6.45, 7) is 3.45. The molecule has 1 saturated heterocycles. The zero-order chi connectivity index (χ0) is 13.2. The molecule has 0 aromatic heterocycles. The summed E-state index contributed by atoms with van der Waals surface area (Å²) in [5.74, 6) is 0.610. The normalized spacial score (nSPS) is 31.3. The van der Waals surface area contributed by atoms with Crippen molar-refractivity contribution in [1.29, 1.82) is 0 Å². The van der Waals surface area contributed by atoms with Crippen LogP contribution in [0.25, 0.3) is 0 Å². The third kappa shape index (κ3) is 2.39. The van der Waals surface area contributed by atoms with Gasteiger partial charge >= 0.3 is 8.80 Å². The molecule has 1 saturated carbocycles. The van der Waals surface area contributed by atoms with E-state index in [2.05, 4.69) is 11.8 Å². The number of hydrogen-bond donors (Lipinski definition) is 0. The van der Waals surface area contributed by atoms with Gasteiger partial charge in [-0.3, -0.25) is 4.90 Å². The third-order valence-electron chi connectivity index (χ3n) is 4.65. The molecule has 0 aromatic carbocycles. The molecule has 2 atom stereocenters. The minimum Gasteiger partial charge on any atom is -0.376 e. The highest BCUT2D eigenvalue weighted by atomic mass is 28.4. The highest BCUT2D eigenvalue weighted by Crippen LogP contribution is 2.38. The largest absolute Gasteiger partial charge is 0.518 e. The molecule has 1 aliphatic carbocycles. The molecule has 1 heterocycles. The molecule has 0 radical (unpaired) electrons. The molecule has 0 aromatic rings. The van der Waals surface area contributed by atoms with Crippen molar-refractivity contribution in [2.24, 2.45) is 5.92 Å². The maximum atomic E-state index is 5.68. The lowest BCUT2D eigenvalue weighted by Crippen LogP contribution is -2.73. The Hall–Kier alpha value is 0.0569. The van der Waals surface area contributed by atoms with Crippen LogP contribution in [0.15, 0.2) is 0 Å². The van der Waals surface area contributed by atoms with Crippen LogP contribution >= 0.6 is 0 Å². The average Bonchev–Trinajstić information content (AvgIpc) is 2.43. The topological polar surface area (TPSA) is 30.9 Å². The molecule has 106 valence electrons. The van der Waals surface area contributed by atoms with E-state index in [0.29, 0.717) is 17.6 Å². The molecule has 2 fully saturated rings. The predicted octanol–water partition coefficient (Wildman–Crippen LogP) is 2.06. The molecule has 2 aliphatic rings. The molecule has 0 bridgehead atoms. The van der Waals surface area contributed by atoms with Crippen molar-refractivity contribution in [1.82, 2.24) is 4.90 Å². The Morgan fingerprint density at radius 3 is 1.94 bits per heavy atom. The van der Waals surface area contributed by atoms with E-state index in [1.807, 2.05) is 0 Å². The number of likely N-dealkylation sites (tertiary alicyclic amines) is 1. The summed E-state index contributed by atoms with van der Waals surface area (Å²) in [5.41, 5.74) is 0.348. The summed E-state index contributed by atoms with van der Waals surface area (Å²) in [6, 6.07) is 0.715. The maximum Gasteiger partial charge on any atom is 0.518 e. The number of hydrogen-bond acceptors (Lipinski definition) is 4. The molecule has 2 rings (SSSR count). The Balaban J connectivity index is 2.08. The smallest absolute Gasteiger partial charge is 0.376 e. The van der Waals surface area contributed by atoms with E-state index in [1.54, 1.807) is 21.3 Å². The van der Waals surface area contributed by atoms with E-state index in [4.69, 9.17) is 13.3 Å². The summed E-state index contributed by atoms with van der Waals surface area (Å²) < 4.78 is 17.1. The van der Waals surface area contributed by atoms with Gasteiger partial charge in [-0.2, -0.15) is 0 Å². The molecule has 2 unspecified atom stereocenters. The minimum atomic E-state index is -2.52. The highest BCUT2D eigenvalue weighted by molar-refractivity contribution is 6.62. The molecular formula is C13H27NO3Si. The first-order valence-corrected chi connectivity index (χ1v) is 8.90. The Bertz CT molecular complexity index is 259. The van der Waals surface area contributed by atoms with Gasteiger partial charge in [-0.1, -0.05) is 26.2 Å². The van der Waals surface area contributed by atoms with Gasteiger partial charge in [0, 0.05) is 33.9 Å². The van der Waals surface area contributed by atoms with Gasteiger partial charge in [0.25, 0.3) is 0 Å². The lowest BCUT2D eigenvalue weighted by Gasteiger charge is -2.55. The van der Waals surface area contributed by atoms with Crippen LogP contribution in [0, 0.1) is 5.92 Å². The van der Waals surface area contributed by atoms with Crippen LogP contribution < -0.4 is 0 Å². The van der Waals surface area contributed by atoms with Gasteiger partial charge in [0.15, 0.2) is 0 Å². The Labute approximate surface area is 112 Å². The van der Waals surface area contributed by atoms with E-state index in [9.17, 15) is 0 Å². The van der Waals surface area contributed by atoms with Crippen molar-refractivity contribution in [2.45, 2.75) is 50.7 Å². The van der Waals surface area contributed by atoms with Crippen LogP contribution in [-0.2, 0) is 13.3 Å². The van der Waals surface area contributed by atoms with Gasteiger partial charge in [0.05, 0.1) is 5.67 Å². The van der Waals surface area contributed by atoms with Crippen LogP contribution in [0.1, 0.15) is 39.0 Å². The zero-order valence-electron chi connectivity index (χ0n) is 12.1. The van der Waals surface area contributed by atoms with Gasteiger partial charge < -0.3 is 13.3 Å². The van der Waals surface area contributed by atoms with Crippen molar-refractivity contribution >= 4 is 8.80 Å². The molecule has 0 spiro atoms. The van der Waals surface area contributed by atoms with Crippen molar-refractivity contribution in [3.05, 3.63) is 0 Å². The fourth-order valence-electron chi connectivity index (χ4n) is 3.69. The second kappa shape index (κ2) is 6.01. The Morgan fingerprint density at radius 1 is 0.944 bits per heavy atom. The van der Waals surface area contributed by atoms with Crippen LogP contribution in [-0.4, -0.2) is 53.3 Å². The van der Waals surface area contributed by atoms with Crippen LogP contribution in [0.5, 0.6) is 0 Å². The first-order valence-electron chi connectivity index (χ1n) is 7.09. The monoisotopic (exact) mass is 273 g/mol. The molecule has 0 N–H and O–H groups in total. The van der Waals surface area contributed by atoms with Gasteiger partial charge in [0.1, 0.15) is 0 Å². The van der Waals surface area contributed by atoms with Gasteiger partial charge in [-0.25, -0.2) is 0 Å². The van der Waals surface area contributed by atoms with Crippen LogP contribution in [0.3, 0.4) is 0 Å². The number of nitrogens with zero attached hydrogens (tertiary/aromatic N) is 1. The SMILES string of the molecule is CO[Si](OC)(OC)C1C(C)CN1C1CCCCC1. The van der Waals surface area contributed by atoms with Crippen molar-refractivity contribution in [3.8, 4) is 0 Å². The fraction of sp³-hybridized carbons (Fsp3) is 1.00. The van der Waals surface area contributed by atoms with E-state index in [0.717, 1.165) is 0 Å². The molecule has 4 nitrogen and oxygen atoms in total. The summed E-state index contributed by atoms with van der Waals surface area (Å²) in [5, 5.41) is 0. The highest BCUT2D eigenvalue weighted by Gasteiger charge is 2.59. The van der Waals surface area contributed by atoms with Gasteiger partial charge in [-0.15, -0.1) is 0 Å². The van der Waals surface area contributed by atoms with Crippen molar-refractivity contribution in [2.75, 3.05) is 27.9 Å². The maximum absolute atomic E-state index is 5.68. The molecule has 1 aliphatic heterocycles. The molecule has 5 heteroatoms. The Morgan fingerprint density at radius 2 is 1.50 bits per heavy atom. The van der Waals surface area contributed by atoms with E-state index in [-0.39, 0.29) is 0 Å². The van der Waals surface area contributed by atoms with E-state index >= 15 is 0 Å². The van der Waals surface area contributed by atoms with E-state index < -0.39 is 8.80 Å². The fourth-order valence-corrected chi connectivity index (χ4v) is 6.44. The average molecular weight is 273 g/mol. The standard InChI is InChI=1S/C13H27NO3Si/c1-11-10-14(12-8-6-5-7-9-12)13(11)18(15-2,16-3)17-4/h11-13H,5-10H2,1-4H3. The van der Waals surface area contributed by atoms with Crippen molar-refractivity contribution < 1.29 is 13.3 Å². The second-order valence-corrected chi connectivity index (χ2v) is 8.65. The van der Waals surface area contributed by atoms with Gasteiger partial charge in [-0.05, 0) is 18.8 Å². The summed E-state index contributed by atoms with van der Waals surface area (Å²) in [4.78, 5) is 2.59. The van der Waals surface area contributed by atoms with Crippen LogP contribution in [0.2, 0.25) is 0 Å². The van der Waals surface area contributed by atoms with E-state index in [1.165, 1.54) is 38.6 Å². The quantitative estimate of drug-likeness (QED) is 0.718. The number of rotatable bonds is 5. The summed E-state index contributed by atoms with van der Waals surface area (Å²) in [6.07, 6.45) is 6.77. The van der Waals surface area contributed by atoms with Gasteiger partial charge in [0.2, 0.25) is 0 Å². The van der Waals surface area contributed by atoms with Crippen molar-refractivity contribution in [3.63, 3.8) is 0 Å². The summed E-state index contributed by atoms with van der Waals surface area (Å²) >= 11 is 0. The second-order valence-electron chi connectivity index (χ2n) is 5.63. The molecule has 0 amide bonds. The molecule has 18 heavy (non-hydrogen) atoms. The first kappa shape index (κ1) is 14.5. The zero-order valence-corrected chi connectivity index (χ0v) is 13.1. The lowest BCUT2D eigenvalue weighted by atomic mass is 9.89.